The molecule has 0 spiro atoms. The van der Waals surface area contributed by atoms with E-state index in [1.165, 1.54) is 4.90 Å². The highest BCUT2D eigenvalue weighted by atomic mass is 32.2. The fourth-order valence-electron chi connectivity index (χ4n) is 1.49. The van der Waals surface area contributed by atoms with Crippen molar-refractivity contribution < 1.29 is 17.6 Å². The molecule has 1 amide bonds. The van der Waals surface area contributed by atoms with E-state index in [1.807, 2.05) is 0 Å². The molecular formula is C12H18FN3O3S. The molecule has 0 saturated carbocycles. The Bertz CT molecular complexity index is 602. The standard InChI is InChI=1S/C12H18FN3O3S/c1-4-16(8-12(17)15(2)3)20(18,19)9-5-6-10(13)11(14)7-9/h5-7H,4,8,14H2,1-3H3. The summed E-state index contributed by atoms with van der Waals surface area (Å²) in [6, 6.07) is 3.17. The van der Waals surface area contributed by atoms with Gasteiger partial charge < -0.3 is 10.6 Å². The SMILES string of the molecule is CCN(CC(=O)N(C)C)S(=O)(=O)c1ccc(F)c(N)c1. The van der Waals surface area contributed by atoms with Crippen LogP contribution in [0.25, 0.3) is 0 Å². The summed E-state index contributed by atoms with van der Waals surface area (Å²) in [4.78, 5) is 12.8. The van der Waals surface area contributed by atoms with Crippen LogP contribution in [-0.4, -0.2) is 50.7 Å². The molecule has 0 aromatic heterocycles. The van der Waals surface area contributed by atoms with Gasteiger partial charge in [-0.3, -0.25) is 4.79 Å². The van der Waals surface area contributed by atoms with E-state index < -0.39 is 15.8 Å². The summed E-state index contributed by atoms with van der Waals surface area (Å²) in [5.41, 5.74) is 5.13. The number of nitrogens with two attached hydrogens (primary N) is 1. The van der Waals surface area contributed by atoms with E-state index in [9.17, 15) is 17.6 Å². The van der Waals surface area contributed by atoms with Crippen LogP contribution in [0.5, 0.6) is 0 Å². The summed E-state index contributed by atoms with van der Waals surface area (Å²) in [6.45, 7) is 1.47. The van der Waals surface area contributed by atoms with Crippen LogP contribution in [-0.2, 0) is 14.8 Å². The van der Waals surface area contributed by atoms with Gasteiger partial charge in [-0.2, -0.15) is 4.31 Å². The Morgan fingerprint density at radius 3 is 2.40 bits per heavy atom. The number of anilines is 1. The molecule has 0 aliphatic rings. The first-order chi connectivity index (χ1) is 9.20. The molecular weight excluding hydrogens is 285 g/mol. The zero-order valence-electron chi connectivity index (χ0n) is 11.6. The number of carbonyl (C=O) groups is 1. The molecule has 1 rings (SSSR count). The largest absolute Gasteiger partial charge is 0.396 e. The number of hydrogen-bond acceptors (Lipinski definition) is 4. The number of amides is 1. The predicted molar refractivity (Wildman–Crippen MR) is 73.9 cm³/mol. The Morgan fingerprint density at radius 1 is 1.35 bits per heavy atom. The quantitative estimate of drug-likeness (QED) is 0.803. The van der Waals surface area contributed by atoms with Gasteiger partial charge in [-0.05, 0) is 18.2 Å². The molecule has 0 aliphatic carbocycles. The number of rotatable bonds is 5. The molecule has 0 fully saturated rings. The van der Waals surface area contributed by atoms with E-state index in [-0.39, 0.29) is 29.6 Å². The van der Waals surface area contributed by atoms with E-state index in [0.29, 0.717) is 0 Å². The molecule has 0 unspecified atom stereocenters. The van der Waals surface area contributed by atoms with Gasteiger partial charge in [0.15, 0.2) is 0 Å². The van der Waals surface area contributed by atoms with Crippen molar-refractivity contribution in [2.24, 2.45) is 0 Å². The lowest BCUT2D eigenvalue weighted by molar-refractivity contribution is -0.128. The van der Waals surface area contributed by atoms with E-state index in [2.05, 4.69) is 0 Å². The Balaban J connectivity index is 3.12. The Morgan fingerprint density at radius 2 is 1.95 bits per heavy atom. The number of nitrogens with zero attached hydrogens (tertiary/aromatic N) is 2. The number of sulfonamides is 1. The molecule has 0 bridgehead atoms. The number of benzene rings is 1. The van der Waals surface area contributed by atoms with Crippen LogP contribution >= 0.6 is 0 Å². The molecule has 0 heterocycles. The van der Waals surface area contributed by atoms with Crippen LogP contribution in [0.15, 0.2) is 23.1 Å². The minimum Gasteiger partial charge on any atom is -0.396 e. The number of nitrogen functional groups attached to an aromatic ring is 1. The fourth-order valence-corrected chi connectivity index (χ4v) is 2.92. The maximum atomic E-state index is 13.1. The van der Waals surface area contributed by atoms with Crippen molar-refractivity contribution in [3.8, 4) is 0 Å². The third-order valence-corrected chi connectivity index (χ3v) is 4.69. The van der Waals surface area contributed by atoms with Crippen molar-refractivity contribution in [3.63, 3.8) is 0 Å². The lowest BCUT2D eigenvalue weighted by Gasteiger charge is -2.22. The number of likely N-dealkylation sites (N-methyl/N-ethyl adjacent to an activating group) is 2. The van der Waals surface area contributed by atoms with Crippen LogP contribution in [0.1, 0.15) is 6.92 Å². The maximum Gasteiger partial charge on any atom is 0.243 e. The van der Waals surface area contributed by atoms with E-state index in [0.717, 1.165) is 22.5 Å². The topological polar surface area (TPSA) is 83.7 Å². The molecule has 0 aliphatic heterocycles. The van der Waals surface area contributed by atoms with Crippen LogP contribution in [0.3, 0.4) is 0 Å². The molecule has 0 atom stereocenters. The van der Waals surface area contributed by atoms with Crippen molar-refractivity contribution in [3.05, 3.63) is 24.0 Å². The molecule has 6 nitrogen and oxygen atoms in total. The molecule has 0 saturated heterocycles. The first-order valence-corrected chi connectivity index (χ1v) is 7.39. The smallest absolute Gasteiger partial charge is 0.243 e. The van der Waals surface area contributed by atoms with Crippen molar-refractivity contribution >= 4 is 21.6 Å². The highest BCUT2D eigenvalue weighted by Crippen LogP contribution is 2.20. The summed E-state index contributed by atoms with van der Waals surface area (Å²) in [6.07, 6.45) is 0. The van der Waals surface area contributed by atoms with E-state index in [1.54, 1.807) is 21.0 Å². The zero-order valence-corrected chi connectivity index (χ0v) is 12.4. The Labute approximate surface area is 118 Å². The molecule has 2 N–H and O–H groups in total. The summed E-state index contributed by atoms with van der Waals surface area (Å²) < 4.78 is 38.8. The van der Waals surface area contributed by atoms with Gasteiger partial charge in [0.25, 0.3) is 0 Å². The molecule has 0 radical (unpaired) electrons. The van der Waals surface area contributed by atoms with Crippen molar-refractivity contribution in [2.75, 3.05) is 32.9 Å². The third-order valence-electron chi connectivity index (χ3n) is 2.77. The molecule has 1 aromatic rings. The molecule has 1 aromatic carbocycles. The Kier molecular flexibility index (Phi) is 5.07. The van der Waals surface area contributed by atoms with Gasteiger partial charge in [0, 0.05) is 20.6 Å². The summed E-state index contributed by atoms with van der Waals surface area (Å²) in [7, 11) is -0.799. The number of carbonyl (C=O) groups excluding carboxylic acids is 1. The van der Waals surface area contributed by atoms with Crippen LogP contribution in [0.4, 0.5) is 10.1 Å². The highest BCUT2D eigenvalue weighted by molar-refractivity contribution is 7.89. The van der Waals surface area contributed by atoms with Gasteiger partial charge in [0.1, 0.15) is 5.82 Å². The summed E-state index contributed by atoms with van der Waals surface area (Å²) in [5.74, 6) is -1.03. The van der Waals surface area contributed by atoms with Gasteiger partial charge >= 0.3 is 0 Å². The van der Waals surface area contributed by atoms with Crippen molar-refractivity contribution in [2.45, 2.75) is 11.8 Å². The van der Waals surface area contributed by atoms with Gasteiger partial charge in [-0.15, -0.1) is 0 Å². The van der Waals surface area contributed by atoms with Gasteiger partial charge in [0.05, 0.1) is 17.1 Å². The van der Waals surface area contributed by atoms with Gasteiger partial charge in [-0.1, -0.05) is 6.92 Å². The minimum absolute atomic E-state index is 0.124. The highest BCUT2D eigenvalue weighted by Gasteiger charge is 2.26. The van der Waals surface area contributed by atoms with Crippen molar-refractivity contribution in [1.82, 2.24) is 9.21 Å². The average molecular weight is 303 g/mol. The molecule has 112 valence electrons. The Hall–Kier alpha value is -1.67. The summed E-state index contributed by atoms with van der Waals surface area (Å²) >= 11 is 0. The second-order valence-electron chi connectivity index (χ2n) is 4.40. The second-order valence-corrected chi connectivity index (χ2v) is 6.34. The number of halogens is 1. The van der Waals surface area contributed by atoms with Gasteiger partial charge in [-0.25, -0.2) is 12.8 Å². The molecule has 8 heteroatoms. The normalized spacial score (nSPS) is 11.7. The zero-order chi connectivity index (χ0) is 15.5. The minimum atomic E-state index is -3.88. The van der Waals surface area contributed by atoms with Crippen LogP contribution in [0.2, 0.25) is 0 Å². The number of hydrogen-bond donors (Lipinski definition) is 1. The lowest BCUT2D eigenvalue weighted by atomic mass is 10.3. The molecule has 20 heavy (non-hydrogen) atoms. The van der Waals surface area contributed by atoms with Crippen LogP contribution in [0, 0.1) is 5.82 Å². The van der Waals surface area contributed by atoms with Gasteiger partial charge in [0.2, 0.25) is 15.9 Å². The lowest BCUT2D eigenvalue weighted by Crippen LogP contribution is -2.40. The van der Waals surface area contributed by atoms with E-state index >= 15 is 0 Å². The fraction of sp³-hybridized carbons (Fsp3) is 0.417. The average Bonchev–Trinajstić information content (AvgIpc) is 2.38. The first kappa shape index (κ1) is 16.4. The first-order valence-electron chi connectivity index (χ1n) is 5.95. The third kappa shape index (κ3) is 3.45. The monoisotopic (exact) mass is 303 g/mol. The van der Waals surface area contributed by atoms with E-state index in [4.69, 9.17) is 5.73 Å². The predicted octanol–water partition coefficient (Wildman–Crippen LogP) is 0.507. The van der Waals surface area contributed by atoms with Crippen molar-refractivity contribution in [1.29, 1.82) is 0 Å². The summed E-state index contributed by atoms with van der Waals surface area (Å²) in [5, 5.41) is 0. The maximum absolute atomic E-state index is 13.1. The van der Waals surface area contributed by atoms with Crippen LogP contribution < -0.4 is 5.73 Å². The second kappa shape index (κ2) is 6.19.